The highest BCUT2D eigenvalue weighted by Crippen LogP contribution is 2.13. The minimum absolute atomic E-state index is 0.173. The second-order valence-electron chi connectivity index (χ2n) is 4.57. The summed E-state index contributed by atoms with van der Waals surface area (Å²) in [6, 6.07) is 7.73. The summed E-state index contributed by atoms with van der Waals surface area (Å²) in [5.41, 5.74) is 6.67. The van der Waals surface area contributed by atoms with Gasteiger partial charge in [0.1, 0.15) is 0 Å². The number of halogens is 1. The van der Waals surface area contributed by atoms with E-state index in [0.29, 0.717) is 6.54 Å². The summed E-state index contributed by atoms with van der Waals surface area (Å²) >= 11 is 3.36. The third-order valence-electron chi connectivity index (χ3n) is 3.08. The Kier molecular flexibility index (Phi) is 4.31. The zero-order valence-corrected chi connectivity index (χ0v) is 11.3. The van der Waals surface area contributed by atoms with Gasteiger partial charge in [-0.2, -0.15) is 0 Å². The SMILES string of the molecule is N[C@H]1CCCN(CC(=O)c2ccc(Br)cc2)C1. The van der Waals surface area contributed by atoms with Crippen LogP contribution in [-0.2, 0) is 0 Å². The highest BCUT2D eigenvalue weighted by Gasteiger charge is 2.19. The zero-order chi connectivity index (χ0) is 12.3. The number of carbonyl (C=O) groups excluding carboxylic acids is 1. The van der Waals surface area contributed by atoms with Gasteiger partial charge in [-0.1, -0.05) is 28.1 Å². The topological polar surface area (TPSA) is 46.3 Å². The van der Waals surface area contributed by atoms with Crippen molar-refractivity contribution in [2.24, 2.45) is 5.73 Å². The van der Waals surface area contributed by atoms with Gasteiger partial charge in [0.2, 0.25) is 0 Å². The van der Waals surface area contributed by atoms with E-state index in [2.05, 4.69) is 20.8 Å². The second-order valence-corrected chi connectivity index (χ2v) is 5.48. The third kappa shape index (κ3) is 3.63. The Morgan fingerprint density at radius 2 is 2.12 bits per heavy atom. The van der Waals surface area contributed by atoms with Gasteiger partial charge in [0.15, 0.2) is 5.78 Å². The van der Waals surface area contributed by atoms with Gasteiger partial charge < -0.3 is 5.73 Å². The third-order valence-corrected chi connectivity index (χ3v) is 3.60. The second kappa shape index (κ2) is 5.76. The molecule has 2 rings (SSSR count). The van der Waals surface area contributed by atoms with Crippen LogP contribution in [0.25, 0.3) is 0 Å². The number of carbonyl (C=O) groups is 1. The van der Waals surface area contributed by atoms with Crippen molar-refractivity contribution < 1.29 is 4.79 Å². The molecule has 1 aromatic rings. The maximum Gasteiger partial charge on any atom is 0.176 e. The molecule has 4 heteroatoms. The first-order chi connectivity index (χ1) is 8.15. The summed E-state index contributed by atoms with van der Waals surface area (Å²) in [4.78, 5) is 14.2. The van der Waals surface area contributed by atoms with E-state index in [9.17, 15) is 4.79 Å². The van der Waals surface area contributed by atoms with Crippen molar-refractivity contribution in [2.75, 3.05) is 19.6 Å². The minimum atomic E-state index is 0.173. The lowest BCUT2D eigenvalue weighted by molar-refractivity contribution is 0.0908. The molecule has 0 bridgehead atoms. The quantitative estimate of drug-likeness (QED) is 0.869. The normalized spacial score (nSPS) is 21.4. The molecular formula is C13H17BrN2O. The maximum atomic E-state index is 12.0. The maximum absolute atomic E-state index is 12.0. The molecule has 1 fully saturated rings. The number of hydrogen-bond acceptors (Lipinski definition) is 3. The van der Waals surface area contributed by atoms with E-state index < -0.39 is 0 Å². The van der Waals surface area contributed by atoms with E-state index in [1.165, 1.54) is 0 Å². The van der Waals surface area contributed by atoms with Crippen LogP contribution in [0.3, 0.4) is 0 Å². The van der Waals surface area contributed by atoms with Crippen LogP contribution in [0.5, 0.6) is 0 Å². The fourth-order valence-corrected chi connectivity index (χ4v) is 2.43. The van der Waals surface area contributed by atoms with Gasteiger partial charge in [0.25, 0.3) is 0 Å². The summed E-state index contributed by atoms with van der Waals surface area (Å²) in [6.07, 6.45) is 2.16. The lowest BCUT2D eigenvalue weighted by Crippen LogP contribution is -2.44. The van der Waals surface area contributed by atoms with Crippen LogP contribution in [0, 0.1) is 0 Å². The van der Waals surface area contributed by atoms with Crippen molar-refractivity contribution in [3.63, 3.8) is 0 Å². The number of piperidine rings is 1. The Hall–Kier alpha value is -0.710. The number of hydrogen-bond donors (Lipinski definition) is 1. The molecule has 0 saturated carbocycles. The fraction of sp³-hybridized carbons (Fsp3) is 0.462. The van der Waals surface area contributed by atoms with E-state index in [1.807, 2.05) is 24.3 Å². The predicted molar refractivity (Wildman–Crippen MR) is 72.1 cm³/mol. The van der Waals surface area contributed by atoms with Crippen molar-refractivity contribution in [3.8, 4) is 0 Å². The van der Waals surface area contributed by atoms with E-state index >= 15 is 0 Å². The van der Waals surface area contributed by atoms with Gasteiger partial charge in [-0.25, -0.2) is 0 Å². The van der Waals surface area contributed by atoms with Gasteiger partial charge in [-0.3, -0.25) is 9.69 Å². The van der Waals surface area contributed by atoms with Crippen molar-refractivity contribution in [2.45, 2.75) is 18.9 Å². The van der Waals surface area contributed by atoms with Gasteiger partial charge in [0.05, 0.1) is 6.54 Å². The summed E-state index contributed by atoms with van der Waals surface area (Å²) in [7, 11) is 0. The van der Waals surface area contributed by atoms with Crippen LogP contribution in [0.15, 0.2) is 28.7 Å². The Bertz CT molecular complexity index is 391. The summed E-state index contributed by atoms with van der Waals surface area (Å²) < 4.78 is 0.994. The van der Waals surface area contributed by atoms with Crippen molar-refractivity contribution in [1.82, 2.24) is 4.90 Å². The lowest BCUT2D eigenvalue weighted by Gasteiger charge is -2.29. The van der Waals surface area contributed by atoms with Crippen molar-refractivity contribution in [3.05, 3.63) is 34.3 Å². The fourth-order valence-electron chi connectivity index (χ4n) is 2.17. The molecule has 2 N–H and O–H groups in total. The molecule has 1 atom stereocenters. The monoisotopic (exact) mass is 296 g/mol. The Balaban J connectivity index is 1.94. The molecule has 0 aliphatic carbocycles. The molecule has 1 heterocycles. The average Bonchev–Trinajstić information content (AvgIpc) is 2.29. The van der Waals surface area contributed by atoms with Gasteiger partial charge in [-0.15, -0.1) is 0 Å². The van der Waals surface area contributed by atoms with Crippen LogP contribution in [-0.4, -0.2) is 36.4 Å². The molecule has 0 aromatic heterocycles. The predicted octanol–water partition coefficient (Wildman–Crippen LogP) is 2.05. The Morgan fingerprint density at radius 3 is 2.76 bits per heavy atom. The van der Waals surface area contributed by atoms with E-state index in [1.54, 1.807) is 0 Å². The first-order valence-electron chi connectivity index (χ1n) is 5.92. The molecule has 1 saturated heterocycles. The minimum Gasteiger partial charge on any atom is -0.327 e. The first kappa shape index (κ1) is 12.7. The Morgan fingerprint density at radius 1 is 1.41 bits per heavy atom. The molecule has 92 valence electrons. The average molecular weight is 297 g/mol. The number of likely N-dealkylation sites (tertiary alicyclic amines) is 1. The number of nitrogens with two attached hydrogens (primary N) is 1. The van der Waals surface area contributed by atoms with Crippen LogP contribution >= 0.6 is 15.9 Å². The van der Waals surface area contributed by atoms with Crippen molar-refractivity contribution in [1.29, 1.82) is 0 Å². The molecular weight excluding hydrogens is 280 g/mol. The van der Waals surface area contributed by atoms with Crippen LogP contribution in [0.4, 0.5) is 0 Å². The lowest BCUT2D eigenvalue weighted by atomic mass is 10.1. The van der Waals surface area contributed by atoms with Gasteiger partial charge >= 0.3 is 0 Å². The highest BCUT2D eigenvalue weighted by molar-refractivity contribution is 9.10. The molecule has 1 aliphatic heterocycles. The molecule has 17 heavy (non-hydrogen) atoms. The number of nitrogens with zero attached hydrogens (tertiary/aromatic N) is 1. The molecule has 0 radical (unpaired) electrons. The standard InChI is InChI=1S/C13H17BrN2O/c14-11-5-3-10(4-6-11)13(17)9-16-7-1-2-12(15)8-16/h3-6,12H,1-2,7-9,15H2/t12-/m0/s1. The largest absolute Gasteiger partial charge is 0.327 e. The Labute approximate surface area is 110 Å². The van der Waals surface area contributed by atoms with Crippen LogP contribution < -0.4 is 5.73 Å². The molecule has 0 unspecified atom stereocenters. The molecule has 0 spiro atoms. The number of Topliss-reactive ketones (excluding diaryl/α,β-unsaturated/α-hetero) is 1. The van der Waals surface area contributed by atoms with E-state index in [-0.39, 0.29) is 11.8 Å². The first-order valence-corrected chi connectivity index (χ1v) is 6.71. The van der Waals surface area contributed by atoms with Crippen LogP contribution in [0.2, 0.25) is 0 Å². The summed E-state index contributed by atoms with van der Waals surface area (Å²) in [5.74, 6) is 0.173. The van der Waals surface area contributed by atoms with Gasteiger partial charge in [-0.05, 0) is 31.5 Å². The number of benzene rings is 1. The summed E-state index contributed by atoms with van der Waals surface area (Å²) in [5, 5.41) is 0. The number of rotatable bonds is 3. The van der Waals surface area contributed by atoms with Crippen LogP contribution in [0.1, 0.15) is 23.2 Å². The van der Waals surface area contributed by atoms with Gasteiger partial charge in [0, 0.05) is 22.6 Å². The number of ketones is 1. The molecule has 1 aliphatic rings. The smallest absolute Gasteiger partial charge is 0.176 e. The van der Waals surface area contributed by atoms with E-state index in [0.717, 1.165) is 36.0 Å². The van der Waals surface area contributed by atoms with Crippen molar-refractivity contribution >= 4 is 21.7 Å². The highest BCUT2D eigenvalue weighted by atomic mass is 79.9. The molecule has 0 amide bonds. The molecule has 1 aromatic carbocycles. The molecule has 3 nitrogen and oxygen atoms in total. The van der Waals surface area contributed by atoms with E-state index in [4.69, 9.17) is 5.73 Å². The summed E-state index contributed by atoms with van der Waals surface area (Å²) in [6.45, 7) is 2.30. The zero-order valence-electron chi connectivity index (χ0n) is 9.73.